The van der Waals surface area contributed by atoms with Crippen LogP contribution in [0.3, 0.4) is 0 Å². The number of nitrogens with zero attached hydrogens (tertiary/aromatic N) is 2. The number of nitro groups is 1. The molecule has 7 heteroatoms. The second-order valence-corrected chi connectivity index (χ2v) is 4.61. The van der Waals surface area contributed by atoms with Gasteiger partial charge in [0.1, 0.15) is 0 Å². The Morgan fingerprint density at radius 2 is 2.29 bits per heavy atom. The number of aromatic nitrogens is 2. The molecule has 0 radical (unpaired) electrons. The van der Waals surface area contributed by atoms with E-state index in [9.17, 15) is 15.2 Å². The van der Waals surface area contributed by atoms with Gasteiger partial charge in [-0.25, -0.2) is 0 Å². The van der Waals surface area contributed by atoms with Crippen molar-refractivity contribution in [2.24, 2.45) is 5.73 Å². The first kappa shape index (κ1) is 12.0. The van der Waals surface area contributed by atoms with Crippen molar-refractivity contribution in [3.8, 4) is 0 Å². The summed E-state index contributed by atoms with van der Waals surface area (Å²) in [5.41, 5.74) is 5.94. The van der Waals surface area contributed by atoms with E-state index >= 15 is 0 Å². The molecule has 1 aromatic heterocycles. The molecule has 1 fully saturated rings. The average molecular weight is 240 g/mol. The molecule has 0 saturated heterocycles. The van der Waals surface area contributed by atoms with E-state index < -0.39 is 10.3 Å². The highest BCUT2D eigenvalue weighted by Crippen LogP contribution is 2.41. The Bertz CT molecular complexity index is 409. The van der Waals surface area contributed by atoms with Gasteiger partial charge in [0.25, 0.3) is 0 Å². The first-order valence-corrected chi connectivity index (χ1v) is 5.65. The van der Waals surface area contributed by atoms with E-state index in [1.165, 1.54) is 6.20 Å². The molecular weight excluding hydrogens is 224 g/mol. The topological polar surface area (TPSA) is 118 Å². The van der Waals surface area contributed by atoms with Gasteiger partial charge in [0.05, 0.1) is 17.9 Å². The molecule has 4 N–H and O–H groups in total. The van der Waals surface area contributed by atoms with Crippen molar-refractivity contribution in [3.63, 3.8) is 0 Å². The Labute approximate surface area is 98.2 Å². The summed E-state index contributed by atoms with van der Waals surface area (Å²) in [6.45, 7) is 0.333. The van der Waals surface area contributed by atoms with Gasteiger partial charge >= 0.3 is 5.82 Å². The van der Waals surface area contributed by atoms with Crippen LogP contribution in [-0.2, 0) is 5.41 Å². The largest absolute Gasteiger partial charge is 0.393 e. The maximum absolute atomic E-state index is 10.9. The van der Waals surface area contributed by atoms with E-state index in [1.54, 1.807) is 0 Å². The molecule has 1 aromatic rings. The van der Waals surface area contributed by atoms with E-state index in [2.05, 4.69) is 10.2 Å². The molecule has 0 unspecified atom stereocenters. The van der Waals surface area contributed by atoms with Crippen LogP contribution in [-0.4, -0.2) is 32.9 Å². The smallest absolute Gasteiger partial charge is 0.346 e. The number of nitrogens with one attached hydrogen (secondary N) is 1. The predicted molar refractivity (Wildman–Crippen MR) is 60.4 cm³/mol. The van der Waals surface area contributed by atoms with Crippen molar-refractivity contribution < 1.29 is 10.0 Å². The van der Waals surface area contributed by atoms with Crippen molar-refractivity contribution in [2.45, 2.75) is 37.2 Å². The van der Waals surface area contributed by atoms with Gasteiger partial charge in [0.15, 0.2) is 0 Å². The predicted octanol–water partition coefficient (Wildman–Crippen LogP) is 0.449. The number of hydrogen-bond acceptors (Lipinski definition) is 5. The molecular formula is C10H16N4O3. The molecule has 0 bridgehead atoms. The minimum atomic E-state index is -0.467. The third-order valence-electron chi connectivity index (χ3n) is 3.68. The maximum Gasteiger partial charge on any atom is 0.346 e. The van der Waals surface area contributed by atoms with Crippen LogP contribution in [0, 0.1) is 10.1 Å². The molecule has 0 spiro atoms. The van der Waals surface area contributed by atoms with Gasteiger partial charge in [0, 0.05) is 12.0 Å². The molecule has 0 aromatic carbocycles. The summed E-state index contributed by atoms with van der Waals surface area (Å²) in [6, 6.07) is 0. The number of rotatable bonds is 3. The summed E-state index contributed by atoms with van der Waals surface area (Å²) in [6.07, 6.45) is 3.73. The summed E-state index contributed by atoms with van der Waals surface area (Å²) < 4.78 is 0. The normalized spacial score (nSPS) is 29.2. The second kappa shape index (κ2) is 4.42. The molecule has 1 saturated carbocycles. The van der Waals surface area contributed by atoms with Crippen molar-refractivity contribution in [1.82, 2.24) is 10.2 Å². The van der Waals surface area contributed by atoms with E-state index in [4.69, 9.17) is 5.73 Å². The van der Waals surface area contributed by atoms with Crippen LogP contribution in [0.5, 0.6) is 0 Å². The lowest BCUT2D eigenvalue weighted by Crippen LogP contribution is -2.40. The molecule has 0 amide bonds. The highest BCUT2D eigenvalue weighted by atomic mass is 16.6. The fourth-order valence-corrected chi connectivity index (χ4v) is 2.55. The summed E-state index contributed by atoms with van der Waals surface area (Å²) in [5, 5.41) is 26.6. The molecule has 0 atom stereocenters. The van der Waals surface area contributed by atoms with Crippen molar-refractivity contribution >= 4 is 5.82 Å². The summed E-state index contributed by atoms with van der Waals surface area (Å²) in [7, 11) is 0. The van der Waals surface area contributed by atoms with Crippen LogP contribution in [0.2, 0.25) is 0 Å². The Morgan fingerprint density at radius 3 is 2.82 bits per heavy atom. The first-order valence-electron chi connectivity index (χ1n) is 5.65. The standard InChI is InChI=1S/C10H16N4O3/c11-6-10(3-1-7(15)2-4-10)8-5-12-13-9(8)14(16)17/h5,7,15H,1-4,6,11H2,(H,12,13). The molecule has 0 aliphatic heterocycles. The third kappa shape index (κ3) is 2.03. The number of H-pyrrole nitrogens is 1. The monoisotopic (exact) mass is 240 g/mol. The Balaban J connectivity index is 2.34. The van der Waals surface area contributed by atoms with E-state index in [1.807, 2.05) is 0 Å². The maximum atomic E-state index is 10.9. The Kier molecular flexibility index (Phi) is 3.12. The highest BCUT2D eigenvalue weighted by Gasteiger charge is 2.40. The number of aliphatic hydroxyl groups excluding tert-OH is 1. The van der Waals surface area contributed by atoms with E-state index in [-0.39, 0.29) is 11.9 Å². The quantitative estimate of drug-likeness (QED) is 0.523. The molecule has 7 nitrogen and oxygen atoms in total. The second-order valence-electron chi connectivity index (χ2n) is 4.61. The highest BCUT2D eigenvalue weighted by molar-refractivity contribution is 5.38. The zero-order valence-corrected chi connectivity index (χ0v) is 9.43. The van der Waals surface area contributed by atoms with E-state index in [0.29, 0.717) is 37.8 Å². The van der Waals surface area contributed by atoms with Crippen molar-refractivity contribution in [3.05, 3.63) is 21.9 Å². The van der Waals surface area contributed by atoms with Gasteiger partial charge in [-0.15, -0.1) is 5.10 Å². The van der Waals surface area contributed by atoms with Crippen molar-refractivity contribution in [1.29, 1.82) is 0 Å². The summed E-state index contributed by atoms with van der Waals surface area (Å²) >= 11 is 0. The van der Waals surface area contributed by atoms with Gasteiger partial charge in [-0.2, -0.15) is 0 Å². The molecule has 1 heterocycles. The fourth-order valence-electron chi connectivity index (χ4n) is 2.55. The minimum Gasteiger partial charge on any atom is -0.393 e. The molecule has 94 valence electrons. The van der Waals surface area contributed by atoms with Gasteiger partial charge in [-0.1, -0.05) is 5.10 Å². The molecule has 1 aliphatic rings. The van der Waals surface area contributed by atoms with Crippen LogP contribution in [0.15, 0.2) is 6.20 Å². The lowest BCUT2D eigenvalue weighted by molar-refractivity contribution is -0.390. The lowest BCUT2D eigenvalue weighted by atomic mass is 9.69. The molecule has 1 aliphatic carbocycles. The third-order valence-corrected chi connectivity index (χ3v) is 3.68. The zero-order chi connectivity index (χ0) is 12.5. The minimum absolute atomic E-state index is 0.0770. The molecule has 2 rings (SSSR count). The van der Waals surface area contributed by atoms with Gasteiger partial charge in [-0.3, -0.25) is 0 Å². The van der Waals surface area contributed by atoms with Crippen LogP contribution < -0.4 is 5.73 Å². The lowest BCUT2D eigenvalue weighted by Gasteiger charge is -2.36. The van der Waals surface area contributed by atoms with E-state index in [0.717, 1.165) is 0 Å². The average Bonchev–Trinajstić information content (AvgIpc) is 2.80. The Morgan fingerprint density at radius 1 is 1.65 bits per heavy atom. The summed E-state index contributed by atoms with van der Waals surface area (Å²) in [4.78, 5) is 10.4. The fraction of sp³-hybridized carbons (Fsp3) is 0.700. The number of hydrogen-bond donors (Lipinski definition) is 3. The number of aromatic amines is 1. The number of nitrogens with two attached hydrogens (primary N) is 1. The van der Waals surface area contributed by atoms with Crippen LogP contribution in [0.4, 0.5) is 5.82 Å². The van der Waals surface area contributed by atoms with Crippen LogP contribution in [0.1, 0.15) is 31.2 Å². The Hall–Kier alpha value is -1.47. The zero-order valence-electron chi connectivity index (χ0n) is 9.43. The van der Waals surface area contributed by atoms with Crippen molar-refractivity contribution in [2.75, 3.05) is 6.54 Å². The van der Waals surface area contributed by atoms with Crippen LogP contribution in [0.25, 0.3) is 0 Å². The number of aliphatic hydroxyl groups is 1. The summed E-state index contributed by atoms with van der Waals surface area (Å²) in [5.74, 6) is -0.0770. The van der Waals surface area contributed by atoms with Gasteiger partial charge in [0.2, 0.25) is 0 Å². The van der Waals surface area contributed by atoms with Gasteiger partial charge < -0.3 is 21.0 Å². The van der Waals surface area contributed by atoms with Crippen LogP contribution >= 0.6 is 0 Å². The van der Waals surface area contributed by atoms with Gasteiger partial charge in [-0.05, 0) is 30.6 Å². The first-order chi connectivity index (χ1) is 8.09. The molecule has 17 heavy (non-hydrogen) atoms. The SMILES string of the molecule is NCC1(c2cn[nH]c2[N+](=O)[O-])CCC(O)CC1.